The van der Waals surface area contributed by atoms with E-state index in [4.69, 9.17) is 11.6 Å². The van der Waals surface area contributed by atoms with Gasteiger partial charge in [-0.2, -0.15) is 0 Å². The van der Waals surface area contributed by atoms with Gasteiger partial charge in [-0.25, -0.2) is 0 Å². The van der Waals surface area contributed by atoms with Crippen molar-refractivity contribution in [1.82, 2.24) is 0 Å². The zero-order chi connectivity index (χ0) is 16.3. The third-order valence-corrected chi connectivity index (χ3v) is 4.07. The highest BCUT2D eigenvalue weighted by molar-refractivity contribution is 6.31. The van der Waals surface area contributed by atoms with E-state index in [0.717, 1.165) is 21.8 Å². The minimum Gasteiger partial charge on any atom is -0.325 e. The first-order chi connectivity index (χ1) is 10.3. The lowest BCUT2D eigenvalue weighted by molar-refractivity contribution is -0.123. The Hall–Kier alpha value is -1.80. The van der Waals surface area contributed by atoms with Crippen LogP contribution in [0, 0.1) is 5.41 Å². The standard InChI is InChI=1S/C19H22ClNO/c1-13(14-9-5-7-11-16(14)20)15-10-6-8-12-17(15)21-18(22)19(2,3)4/h5-13H,1-4H3,(H,21,22). The van der Waals surface area contributed by atoms with Crippen LogP contribution >= 0.6 is 11.6 Å². The van der Waals surface area contributed by atoms with Crippen molar-refractivity contribution in [1.29, 1.82) is 0 Å². The first-order valence-corrected chi connectivity index (χ1v) is 7.83. The number of para-hydroxylation sites is 1. The van der Waals surface area contributed by atoms with Crippen LogP contribution in [-0.4, -0.2) is 5.91 Å². The van der Waals surface area contributed by atoms with E-state index in [1.807, 2.05) is 69.3 Å². The summed E-state index contributed by atoms with van der Waals surface area (Å²) < 4.78 is 0. The van der Waals surface area contributed by atoms with Gasteiger partial charge in [-0.05, 0) is 23.3 Å². The molecule has 116 valence electrons. The Balaban J connectivity index is 2.37. The number of benzene rings is 2. The van der Waals surface area contributed by atoms with Gasteiger partial charge in [0, 0.05) is 22.0 Å². The number of carbonyl (C=O) groups is 1. The second kappa shape index (κ2) is 6.53. The number of hydrogen-bond acceptors (Lipinski definition) is 1. The van der Waals surface area contributed by atoms with Gasteiger partial charge < -0.3 is 5.32 Å². The zero-order valence-corrected chi connectivity index (χ0v) is 14.2. The van der Waals surface area contributed by atoms with Gasteiger partial charge >= 0.3 is 0 Å². The van der Waals surface area contributed by atoms with Crippen molar-refractivity contribution in [2.75, 3.05) is 5.32 Å². The fourth-order valence-electron chi connectivity index (χ4n) is 2.29. The van der Waals surface area contributed by atoms with Crippen LogP contribution in [-0.2, 0) is 4.79 Å². The molecule has 0 aromatic heterocycles. The normalized spacial score (nSPS) is 12.8. The number of anilines is 1. The molecule has 0 radical (unpaired) electrons. The third kappa shape index (κ3) is 3.69. The van der Waals surface area contributed by atoms with Crippen LogP contribution in [0.15, 0.2) is 48.5 Å². The summed E-state index contributed by atoms with van der Waals surface area (Å²) in [4.78, 5) is 12.3. The predicted molar refractivity (Wildman–Crippen MR) is 93.5 cm³/mol. The monoisotopic (exact) mass is 315 g/mol. The summed E-state index contributed by atoms with van der Waals surface area (Å²) in [6.45, 7) is 7.82. The maximum absolute atomic E-state index is 12.3. The molecule has 0 aliphatic carbocycles. The van der Waals surface area contributed by atoms with Gasteiger partial charge in [-0.15, -0.1) is 0 Å². The Morgan fingerprint density at radius 1 is 1.00 bits per heavy atom. The molecule has 1 amide bonds. The van der Waals surface area contributed by atoms with Gasteiger partial charge in [-0.3, -0.25) is 4.79 Å². The van der Waals surface area contributed by atoms with Crippen LogP contribution < -0.4 is 5.32 Å². The Morgan fingerprint density at radius 2 is 1.55 bits per heavy atom. The lowest BCUT2D eigenvalue weighted by atomic mass is 9.90. The minimum absolute atomic E-state index is 0.00584. The van der Waals surface area contributed by atoms with Crippen molar-refractivity contribution in [3.05, 3.63) is 64.7 Å². The highest BCUT2D eigenvalue weighted by atomic mass is 35.5. The molecular weight excluding hydrogens is 294 g/mol. The summed E-state index contributed by atoms with van der Waals surface area (Å²) in [5.41, 5.74) is 2.53. The fraction of sp³-hybridized carbons (Fsp3) is 0.316. The van der Waals surface area contributed by atoms with E-state index >= 15 is 0 Å². The Kier molecular flexibility index (Phi) is 4.92. The van der Waals surface area contributed by atoms with Crippen LogP contribution in [0.4, 0.5) is 5.69 Å². The molecule has 0 aliphatic heterocycles. The molecule has 0 saturated heterocycles. The molecule has 0 heterocycles. The summed E-state index contributed by atoms with van der Waals surface area (Å²) in [7, 11) is 0. The van der Waals surface area contributed by atoms with Gasteiger partial charge in [0.1, 0.15) is 0 Å². The molecule has 22 heavy (non-hydrogen) atoms. The number of rotatable bonds is 3. The molecule has 1 N–H and O–H groups in total. The van der Waals surface area contributed by atoms with Crippen molar-refractivity contribution in [3.8, 4) is 0 Å². The molecule has 1 unspecified atom stereocenters. The minimum atomic E-state index is -0.430. The highest BCUT2D eigenvalue weighted by Crippen LogP contribution is 2.34. The van der Waals surface area contributed by atoms with Crippen LogP contribution in [0.5, 0.6) is 0 Å². The van der Waals surface area contributed by atoms with Crippen molar-refractivity contribution >= 4 is 23.2 Å². The first-order valence-electron chi connectivity index (χ1n) is 7.45. The molecule has 2 aromatic rings. The van der Waals surface area contributed by atoms with Gasteiger partial charge in [0.15, 0.2) is 0 Å². The van der Waals surface area contributed by atoms with Crippen molar-refractivity contribution in [3.63, 3.8) is 0 Å². The van der Waals surface area contributed by atoms with E-state index in [1.165, 1.54) is 0 Å². The second-order valence-corrected chi connectivity index (χ2v) is 6.94. The number of amides is 1. The number of nitrogens with one attached hydrogen (secondary N) is 1. The summed E-state index contributed by atoms with van der Waals surface area (Å²) in [5, 5.41) is 3.78. The largest absolute Gasteiger partial charge is 0.325 e. The summed E-state index contributed by atoms with van der Waals surface area (Å²) >= 11 is 6.31. The molecule has 0 saturated carbocycles. The lowest BCUT2D eigenvalue weighted by Gasteiger charge is -2.22. The molecule has 2 rings (SSSR count). The van der Waals surface area contributed by atoms with Crippen molar-refractivity contribution in [2.45, 2.75) is 33.6 Å². The fourth-order valence-corrected chi connectivity index (χ4v) is 2.59. The van der Waals surface area contributed by atoms with E-state index in [-0.39, 0.29) is 11.8 Å². The highest BCUT2D eigenvalue weighted by Gasteiger charge is 2.23. The molecule has 2 aromatic carbocycles. The number of carbonyl (C=O) groups excluding carboxylic acids is 1. The van der Waals surface area contributed by atoms with E-state index < -0.39 is 5.41 Å². The van der Waals surface area contributed by atoms with Gasteiger partial charge in [-0.1, -0.05) is 75.7 Å². The van der Waals surface area contributed by atoms with Crippen LogP contribution in [0.1, 0.15) is 44.7 Å². The Morgan fingerprint density at radius 3 is 2.14 bits per heavy atom. The summed E-state index contributed by atoms with van der Waals surface area (Å²) in [6.07, 6.45) is 0. The van der Waals surface area contributed by atoms with Crippen LogP contribution in [0.2, 0.25) is 5.02 Å². The Bertz CT molecular complexity index is 673. The molecule has 0 aliphatic rings. The Labute approximate surface area is 137 Å². The third-order valence-electron chi connectivity index (χ3n) is 3.73. The predicted octanol–water partition coefficient (Wildman–Crippen LogP) is 5.48. The van der Waals surface area contributed by atoms with Gasteiger partial charge in [0.25, 0.3) is 0 Å². The van der Waals surface area contributed by atoms with Gasteiger partial charge in [0.05, 0.1) is 0 Å². The topological polar surface area (TPSA) is 29.1 Å². The first kappa shape index (κ1) is 16.6. The van der Waals surface area contributed by atoms with Gasteiger partial charge in [0.2, 0.25) is 5.91 Å². The smallest absolute Gasteiger partial charge is 0.229 e. The van der Waals surface area contributed by atoms with Crippen LogP contribution in [0.3, 0.4) is 0 Å². The summed E-state index contributed by atoms with van der Waals surface area (Å²) in [6, 6.07) is 15.7. The quantitative estimate of drug-likeness (QED) is 0.798. The summed E-state index contributed by atoms with van der Waals surface area (Å²) in [5.74, 6) is 0.108. The lowest BCUT2D eigenvalue weighted by Crippen LogP contribution is -2.28. The molecule has 1 atom stereocenters. The molecule has 3 heteroatoms. The maximum atomic E-state index is 12.3. The molecule has 0 spiro atoms. The van der Waals surface area contributed by atoms with E-state index in [2.05, 4.69) is 12.2 Å². The number of halogens is 1. The van der Waals surface area contributed by atoms with Crippen molar-refractivity contribution in [2.24, 2.45) is 5.41 Å². The van der Waals surface area contributed by atoms with Crippen molar-refractivity contribution < 1.29 is 4.79 Å². The average Bonchev–Trinajstić information content (AvgIpc) is 2.46. The van der Waals surface area contributed by atoms with E-state index in [0.29, 0.717) is 0 Å². The molecule has 0 fully saturated rings. The van der Waals surface area contributed by atoms with E-state index in [1.54, 1.807) is 0 Å². The second-order valence-electron chi connectivity index (χ2n) is 6.53. The molecule has 2 nitrogen and oxygen atoms in total. The average molecular weight is 316 g/mol. The maximum Gasteiger partial charge on any atom is 0.229 e. The zero-order valence-electron chi connectivity index (χ0n) is 13.5. The molecular formula is C19H22ClNO. The number of hydrogen-bond donors (Lipinski definition) is 1. The van der Waals surface area contributed by atoms with E-state index in [9.17, 15) is 4.79 Å². The SMILES string of the molecule is CC(c1ccccc1Cl)c1ccccc1NC(=O)C(C)(C)C. The molecule has 0 bridgehead atoms. The van der Waals surface area contributed by atoms with Crippen LogP contribution in [0.25, 0.3) is 0 Å².